The number of morpholine rings is 1. The van der Waals surface area contributed by atoms with Crippen molar-refractivity contribution >= 4 is 29.9 Å². The van der Waals surface area contributed by atoms with Gasteiger partial charge in [0.15, 0.2) is 5.96 Å². The molecule has 2 aromatic rings. The molecule has 0 aliphatic carbocycles. The van der Waals surface area contributed by atoms with E-state index in [9.17, 15) is 4.39 Å². The van der Waals surface area contributed by atoms with Gasteiger partial charge in [-0.1, -0.05) is 30.3 Å². The first-order valence-corrected chi connectivity index (χ1v) is 9.51. The second-order valence-electron chi connectivity index (χ2n) is 6.75. The van der Waals surface area contributed by atoms with Crippen LogP contribution in [0.25, 0.3) is 0 Å². The molecule has 1 aliphatic rings. The van der Waals surface area contributed by atoms with Crippen LogP contribution < -0.4 is 5.32 Å². The van der Waals surface area contributed by atoms with Gasteiger partial charge in [0.2, 0.25) is 0 Å². The molecule has 29 heavy (non-hydrogen) atoms. The molecule has 1 N–H and O–H groups in total. The molecule has 1 fully saturated rings. The molecule has 0 bridgehead atoms. The molecular weight excluding hydrogens is 482 g/mol. The van der Waals surface area contributed by atoms with Crippen molar-refractivity contribution in [3.63, 3.8) is 0 Å². The van der Waals surface area contributed by atoms with Crippen LogP contribution in [-0.2, 0) is 11.3 Å². The topological polar surface area (TPSA) is 60.7 Å². The molecule has 1 saturated heterocycles. The summed E-state index contributed by atoms with van der Waals surface area (Å²) in [5, 5.41) is 12.2. The van der Waals surface area contributed by atoms with Gasteiger partial charge >= 0.3 is 0 Å². The fourth-order valence-corrected chi connectivity index (χ4v) is 3.31. The Morgan fingerprint density at radius 1 is 1.34 bits per heavy atom. The van der Waals surface area contributed by atoms with E-state index in [1.54, 1.807) is 12.1 Å². The summed E-state index contributed by atoms with van der Waals surface area (Å²) in [5.74, 6) is 0.339. The van der Waals surface area contributed by atoms with Crippen molar-refractivity contribution in [1.82, 2.24) is 10.2 Å². The van der Waals surface area contributed by atoms with Gasteiger partial charge in [0, 0.05) is 18.7 Å². The minimum Gasteiger partial charge on any atom is -0.370 e. The van der Waals surface area contributed by atoms with Crippen molar-refractivity contribution in [2.45, 2.75) is 26.5 Å². The molecule has 0 amide bonds. The molecule has 0 spiro atoms. The highest BCUT2D eigenvalue weighted by Gasteiger charge is 2.25. The van der Waals surface area contributed by atoms with Crippen LogP contribution in [-0.4, -0.2) is 37.1 Å². The Kier molecular flexibility index (Phi) is 8.86. The normalized spacial score (nSPS) is 16.7. The number of hydrogen-bond acceptors (Lipinski definition) is 3. The van der Waals surface area contributed by atoms with Gasteiger partial charge in [-0.15, -0.1) is 24.0 Å². The molecule has 1 heterocycles. The molecule has 7 heteroatoms. The van der Waals surface area contributed by atoms with Gasteiger partial charge in [-0.2, -0.15) is 5.26 Å². The summed E-state index contributed by atoms with van der Waals surface area (Å²) in [7, 11) is 0. The van der Waals surface area contributed by atoms with Crippen molar-refractivity contribution < 1.29 is 9.13 Å². The standard InChI is InChI=1S/C22H25FN4O.HI/c1-3-25-22(26-14-18-9-8-17(13-24)12-20(18)23)27-10-11-28-21(15-27)19-7-5-4-6-16(19)2;/h4-9,12,21H,3,10-11,14-15H2,1-2H3,(H,25,26);1H. The van der Waals surface area contributed by atoms with Crippen LogP contribution in [0, 0.1) is 24.1 Å². The van der Waals surface area contributed by atoms with Crippen molar-refractivity contribution in [2.75, 3.05) is 26.2 Å². The number of halogens is 2. The Labute approximate surface area is 188 Å². The number of nitriles is 1. The molecule has 1 aliphatic heterocycles. The predicted molar refractivity (Wildman–Crippen MR) is 123 cm³/mol. The lowest BCUT2D eigenvalue weighted by Gasteiger charge is -2.35. The van der Waals surface area contributed by atoms with E-state index in [0.717, 1.165) is 19.0 Å². The van der Waals surface area contributed by atoms with E-state index in [-0.39, 0.29) is 36.6 Å². The van der Waals surface area contributed by atoms with Crippen LogP contribution in [0.4, 0.5) is 4.39 Å². The number of nitrogens with one attached hydrogen (secondary N) is 1. The highest BCUT2D eigenvalue weighted by atomic mass is 127. The van der Waals surface area contributed by atoms with Gasteiger partial charge < -0.3 is 15.0 Å². The van der Waals surface area contributed by atoms with Gasteiger partial charge in [-0.05, 0) is 37.1 Å². The van der Waals surface area contributed by atoms with E-state index in [0.29, 0.717) is 24.3 Å². The summed E-state index contributed by atoms with van der Waals surface area (Å²) in [6.45, 7) is 7.06. The Balaban J connectivity index is 0.00000300. The lowest BCUT2D eigenvalue weighted by atomic mass is 10.0. The van der Waals surface area contributed by atoms with Crippen molar-refractivity contribution in [3.05, 3.63) is 70.5 Å². The van der Waals surface area contributed by atoms with E-state index in [4.69, 9.17) is 10.00 Å². The molecule has 3 rings (SSSR count). The SMILES string of the molecule is CCNC(=NCc1ccc(C#N)cc1F)N1CCOC(c2ccccc2C)C1.I. The fourth-order valence-electron chi connectivity index (χ4n) is 3.31. The summed E-state index contributed by atoms with van der Waals surface area (Å²) >= 11 is 0. The maximum atomic E-state index is 14.2. The second kappa shape index (κ2) is 11.1. The maximum absolute atomic E-state index is 14.2. The van der Waals surface area contributed by atoms with Crippen molar-refractivity contribution in [3.8, 4) is 6.07 Å². The number of ether oxygens (including phenoxy) is 1. The summed E-state index contributed by atoms with van der Waals surface area (Å²) in [6, 6.07) is 14.7. The van der Waals surface area contributed by atoms with Crippen LogP contribution >= 0.6 is 24.0 Å². The highest BCUT2D eigenvalue weighted by molar-refractivity contribution is 14.0. The molecule has 1 atom stereocenters. The second-order valence-corrected chi connectivity index (χ2v) is 6.75. The van der Waals surface area contributed by atoms with Crippen LogP contribution in [0.1, 0.15) is 35.3 Å². The summed E-state index contributed by atoms with van der Waals surface area (Å²) < 4.78 is 20.2. The predicted octanol–water partition coefficient (Wildman–Crippen LogP) is 4.16. The molecule has 0 aromatic heterocycles. The quantitative estimate of drug-likeness (QED) is 0.383. The zero-order chi connectivity index (χ0) is 19.9. The van der Waals surface area contributed by atoms with E-state index in [1.807, 2.05) is 25.1 Å². The Morgan fingerprint density at radius 2 is 2.14 bits per heavy atom. The summed E-state index contributed by atoms with van der Waals surface area (Å²) in [5.41, 5.74) is 3.17. The molecule has 0 saturated carbocycles. The third kappa shape index (κ3) is 5.90. The third-order valence-corrected chi connectivity index (χ3v) is 4.82. The number of benzene rings is 2. The van der Waals surface area contributed by atoms with Crippen LogP contribution in [0.5, 0.6) is 0 Å². The van der Waals surface area contributed by atoms with Crippen molar-refractivity contribution in [1.29, 1.82) is 5.26 Å². The third-order valence-electron chi connectivity index (χ3n) is 4.82. The minimum absolute atomic E-state index is 0. The smallest absolute Gasteiger partial charge is 0.194 e. The van der Waals surface area contributed by atoms with Crippen molar-refractivity contribution in [2.24, 2.45) is 4.99 Å². The van der Waals surface area contributed by atoms with E-state index >= 15 is 0 Å². The first-order valence-electron chi connectivity index (χ1n) is 9.51. The maximum Gasteiger partial charge on any atom is 0.194 e. The van der Waals surface area contributed by atoms with E-state index < -0.39 is 5.82 Å². The molecule has 154 valence electrons. The van der Waals surface area contributed by atoms with Gasteiger partial charge in [0.25, 0.3) is 0 Å². The zero-order valence-electron chi connectivity index (χ0n) is 16.7. The van der Waals surface area contributed by atoms with Crippen LogP contribution in [0.2, 0.25) is 0 Å². The average Bonchev–Trinajstić information content (AvgIpc) is 2.72. The summed E-state index contributed by atoms with van der Waals surface area (Å²) in [6.07, 6.45) is -0.0227. The zero-order valence-corrected chi connectivity index (χ0v) is 19.0. The van der Waals surface area contributed by atoms with E-state index in [1.165, 1.54) is 17.2 Å². The number of hydrogen-bond donors (Lipinski definition) is 1. The molecule has 1 unspecified atom stereocenters. The van der Waals surface area contributed by atoms with Gasteiger partial charge in [-0.3, -0.25) is 0 Å². The molecule has 5 nitrogen and oxygen atoms in total. The fraction of sp³-hybridized carbons (Fsp3) is 0.364. The summed E-state index contributed by atoms with van der Waals surface area (Å²) in [4.78, 5) is 6.79. The Morgan fingerprint density at radius 3 is 2.83 bits per heavy atom. The molecular formula is C22H26FIN4O. The van der Waals surface area contributed by atoms with E-state index in [2.05, 4.69) is 34.3 Å². The van der Waals surface area contributed by atoms with Gasteiger partial charge in [0.1, 0.15) is 11.9 Å². The molecule has 0 radical (unpaired) electrons. The number of guanidine groups is 1. The van der Waals surface area contributed by atoms with Gasteiger partial charge in [-0.25, -0.2) is 9.38 Å². The highest BCUT2D eigenvalue weighted by Crippen LogP contribution is 2.25. The van der Waals surface area contributed by atoms with Crippen LogP contribution in [0.3, 0.4) is 0 Å². The number of aryl methyl sites for hydroxylation is 1. The van der Waals surface area contributed by atoms with Crippen LogP contribution in [0.15, 0.2) is 47.5 Å². The lowest BCUT2D eigenvalue weighted by Crippen LogP contribution is -2.48. The number of aliphatic imine (C=N–C) groups is 1. The number of rotatable bonds is 4. The first kappa shape index (κ1) is 23.1. The Hall–Kier alpha value is -2.18. The molecule has 2 aromatic carbocycles. The number of nitrogens with zero attached hydrogens (tertiary/aromatic N) is 3. The average molecular weight is 508 g/mol. The van der Waals surface area contributed by atoms with Gasteiger partial charge in [0.05, 0.1) is 31.3 Å². The minimum atomic E-state index is -0.404. The lowest BCUT2D eigenvalue weighted by molar-refractivity contribution is -0.00834. The largest absolute Gasteiger partial charge is 0.370 e. The Bertz CT molecular complexity index is 897. The first-order chi connectivity index (χ1) is 13.6. The monoisotopic (exact) mass is 508 g/mol.